The lowest BCUT2D eigenvalue weighted by molar-refractivity contribution is 0.383. The molecule has 0 radical (unpaired) electrons. The van der Waals surface area contributed by atoms with E-state index in [4.69, 9.17) is 0 Å². The number of rotatable bonds is 4. The van der Waals surface area contributed by atoms with Crippen molar-refractivity contribution >= 4 is 16.0 Å². The Morgan fingerprint density at radius 3 is 2.18 bits per heavy atom. The first-order chi connectivity index (χ1) is 7.51. The molecule has 0 bridgehead atoms. The van der Waals surface area contributed by atoms with E-state index in [1.807, 2.05) is 0 Å². The molecular weight excluding hydrogens is 240 g/mol. The fourth-order valence-electron chi connectivity index (χ4n) is 0.992. The second-order valence-electron chi connectivity index (χ2n) is 5.40. The Bertz CT molecular complexity index is 355. The molecule has 0 atom stereocenters. The van der Waals surface area contributed by atoms with Gasteiger partial charge < -0.3 is 4.90 Å². The van der Waals surface area contributed by atoms with Crippen LogP contribution in [0.5, 0.6) is 0 Å². The molecule has 0 spiro atoms. The van der Waals surface area contributed by atoms with Crippen molar-refractivity contribution in [3.05, 3.63) is 0 Å². The predicted octanol–water partition coefficient (Wildman–Crippen LogP) is 0.0464. The van der Waals surface area contributed by atoms with E-state index in [0.717, 1.165) is 12.8 Å². The van der Waals surface area contributed by atoms with Crippen LogP contribution >= 0.6 is 0 Å². The average Bonchev–Trinajstić information content (AvgIpc) is 2.06. The molecule has 0 aromatic carbocycles. The van der Waals surface area contributed by atoms with Crippen LogP contribution in [-0.2, 0) is 10.0 Å². The van der Waals surface area contributed by atoms with Crippen molar-refractivity contribution in [1.82, 2.24) is 14.9 Å². The number of guanidine groups is 1. The zero-order valence-electron chi connectivity index (χ0n) is 11.5. The van der Waals surface area contributed by atoms with E-state index in [-0.39, 0.29) is 5.41 Å². The molecule has 0 amide bonds. The SMILES string of the molecule is CN(C)/C(=N/CNCC(C)(C)C)NS(C)(=O)=O. The Labute approximate surface area is 105 Å². The zero-order valence-corrected chi connectivity index (χ0v) is 12.3. The zero-order chi connectivity index (χ0) is 13.7. The van der Waals surface area contributed by atoms with Crippen LogP contribution in [0.25, 0.3) is 0 Å². The summed E-state index contributed by atoms with van der Waals surface area (Å²) in [5.74, 6) is 0.328. The minimum absolute atomic E-state index is 0.179. The van der Waals surface area contributed by atoms with Gasteiger partial charge in [0.2, 0.25) is 16.0 Å². The predicted molar refractivity (Wildman–Crippen MR) is 71.4 cm³/mol. The quantitative estimate of drug-likeness (QED) is 0.427. The number of hydrogen-bond donors (Lipinski definition) is 2. The maximum absolute atomic E-state index is 11.1. The number of nitrogens with one attached hydrogen (secondary N) is 2. The van der Waals surface area contributed by atoms with Crippen LogP contribution in [0.15, 0.2) is 4.99 Å². The fraction of sp³-hybridized carbons (Fsp3) is 0.900. The molecule has 6 nitrogen and oxygen atoms in total. The van der Waals surface area contributed by atoms with Gasteiger partial charge in [-0.3, -0.25) is 10.0 Å². The molecule has 0 heterocycles. The van der Waals surface area contributed by atoms with Crippen LogP contribution in [-0.4, -0.2) is 52.8 Å². The van der Waals surface area contributed by atoms with Crippen LogP contribution in [0, 0.1) is 5.41 Å². The number of hydrogen-bond acceptors (Lipinski definition) is 4. The highest BCUT2D eigenvalue weighted by atomic mass is 32.2. The molecule has 0 saturated carbocycles. The van der Waals surface area contributed by atoms with Crippen LogP contribution in [0.1, 0.15) is 20.8 Å². The average molecular weight is 264 g/mol. The Balaban J connectivity index is 4.33. The summed E-state index contributed by atoms with van der Waals surface area (Å²) in [6.45, 7) is 7.55. The lowest BCUT2D eigenvalue weighted by Crippen LogP contribution is -2.40. The van der Waals surface area contributed by atoms with Gasteiger partial charge in [0.25, 0.3) is 0 Å². The molecule has 0 aromatic heterocycles. The van der Waals surface area contributed by atoms with E-state index in [2.05, 4.69) is 35.8 Å². The molecule has 0 fully saturated rings. The van der Waals surface area contributed by atoms with E-state index in [9.17, 15) is 8.42 Å². The third-order valence-electron chi connectivity index (χ3n) is 1.70. The van der Waals surface area contributed by atoms with Gasteiger partial charge in [0.15, 0.2) is 0 Å². The first-order valence-electron chi connectivity index (χ1n) is 5.41. The summed E-state index contributed by atoms with van der Waals surface area (Å²) in [5.41, 5.74) is 0.179. The van der Waals surface area contributed by atoms with Crippen LogP contribution in [0.2, 0.25) is 0 Å². The summed E-state index contributed by atoms with van der Waals surface area (Å²) >= 11 is 0. The van der Waals surface area contributed by atoms with Crippen molar-refractivity contribution in [2.45, 2.75) is 20.8 Å². The minimum atomic E-state index is -3.28. The van der Waals surface area contributed by atoms with Crippen molar-refractivity contribution in [3.63, 3.8) is 0 Å². The molecule has 0 aliphatic carbocycles. The number of nitrogens with zero attached hydrogens (tertiary/aromatic N) is 2. The lowest BCUT2D eigenvalue weighted by Gasteiger charge is -2.19. The van der Waals surface area contributed by atoms with Gasteiger partial charge in [0.1, 0.15) is 0 Å². The standard InChI is InChI=1S/C10H24N4O2S/c1-10(2,3)7-11-8-12-9(14(4)5)13-17(6,15)16/h11H,7-8H2,1-6H3,(H,12,13). The van der Waals surface area contributed by atoms with Crippen molar-refractivity contribution in [3.8, 4) is 0 Å². The Kier molecular flexibility index (Phi) is 5.91. The highest BCUT2D eigenvalue weighted by molar-refractivity contribution is 7.89. The first-order valence-corrected chi connectivity index (χ1v) is 7.31. The largest absolute Gasteiger partial charge is 0.348 e. The molecule has 2 N–H and O–H groups in total. The lowest BCUT2D eigenvalue weighted by atomic mass is 9.97. The van der Waals surface area contributed by atoms with E-state index >= 15 is 0 Å². The summed E-state index contributed by atoms with van der Waals surface area (Å²) in [4.78, 5) is 5.78. The van der Waals surface area contributed by atoms with Gasteiger partial charge in [0, 0.05) is 20.6 Å². The fourth-order valence-corrected chi connectivity index (χ4v) is 1.57. The maximum Gasteiger partial charge on any atom is 0.232 e. The van der Waals surface area contributed by atoms with Gasteiger partial charge >= 0.3 is 0 Å². The van der Waals surface area contributed by atoms with Gasteiger partial charge in [-0.15, -0.1) is 0 Å². The van der Waals surface area contributed by atoms with Crippen molar-refractivity contribution in [1.29, 1.82) is 0 Å². The number of aliphatic imine (C=N–C) groups is 1. The molecule has 0 aliphatic rings. The second-order valence-corrected chi connectivity index (χ2v) is 7.14. The topological polar surface area (TPSA) is 73.8 Å². The van der Waals surface area contributed by atoms with Gasteiger partial charge in [-0.25, -0.2) is 13.4 Å². The summed E-state index contributed by atoms with van der Waals surface area (Å²) in [7, 11) is 0.190. The molecule has 17 heavy (non-hydrogen) atoms. The van der Waals surface area contributed by atoms with Crippen molar-refractivity contribution in [2.75, 3.05) is 33.6 Å². The summed E-state index contributed by atoms with van der Waals surface area (Å²) in [5, 5.41) is 3.15. The van der Waals surface area contributed by atoms with E-state index < -0.39 is 10.0 Å². The van der Waals surface area contributed by atoms with E-state index in [0.29, 0.717) is 12.6 Å². The Hall–Kier alpha value is -0.820. The minimum Gasteiger partial charge on any atom is -0.348 e. The van der Waals surface area contributed by atoms with Crippen LogP contribution in [0.4, 0.5) is 0 Å². The smallest absolute Gasteiger partial charge is 0.232 e. The summed E-state index contributed by atoms with van der Waals surface area (Å²) < 4.78 is 24.6. The maximum atomic E-state index is 11.1. The molecular formula is C10H24N4O2S. The van der Waals surface area contributed by atoms with Crippen molar-refractivity contribution < 1.29 is 8.42 Å². The second kappa shape index (κ2) is 6.20. The third kappa shape index (κ3) is 10.1. The van der Waals surface area contributed by atoms with Crippen molar-refractivity contribution in [2.24, 2.45) is 10.4 Å². The molecule has 102 valence electrons. The molecule has 7 heteroatoms. The van der Waals surface area contributed by atoms with Gasteiger partial charge in [-0.1, -0.05) is 20.8 Å². The first kappa shape index (κ1) is 16.2. The molecule has 0 rings (SSSR count). The molecule has 0 aromatic rings. The Morgan fingerprint density at radius 1 is 1.29 bits per heavy atom. The highest BCUT2D eigenvalue weighted by Crippen LogP contribution is 2.09. The molecule has 0 aliphatic heterocycles. The monoisotopic (exact) mass is 264 g/mol. The van der Waals surface area contributed by atoms with Gasteiger partial charge in [-0.05, 0) is 5.41 Å². The van der Waals surface area contributed by atoms with Gasteiger partial charge in [0.05, 0.1) is 12.9 Å². The summed E-state index contributed by atoms with van der Waals surface area (Å²) in [6.07, 6.45) is 1.11. The van der Waals surface area contributed by atoms with E-state index in [1.165, 1.54) is 0 Å². The van der Waals surface area contributed by atoms with Gasteiger partial charge in [-0.2, -0.15) is 0 Å². The Morgan fingerprint density at radius 2 is 1.82 bits per heavy atom. The van der Waals surface area contributed by atoms with E-state index in [1.54, 1.807) is 19.0 Å². The van der Waals surface area contributed by atoms with Crippen LogP contribution in [0.3, 0.4) is 0 Å². The highest BCUT2D eigenvalue weighted by Gasteiger charge is 2.10. The molecule has 0 saturated heterocycles. The third-order valence-corrected chi connectivity index (χ3v) is 2.25. The normalized spacial score (nSPS) is 13.6. The number of sulfonamides is 1. The molecule has 0 unspecified atom stereocenters. The summed E-state index contributed by atoms with van der Waals surface area (Å²) in [6, 6.07) is 0. The van der Waals surface area contributed by atoms with Crippen LogP contribution < -0.4 is 10.0 Å².